The average molecular weight is 408 g/mol. The maximum Gasteiger partial charge on any atom is 0.117 e. The summed E-state index contributed by atoms with van der Waals surface area (Å²) in [7, 11) is 1.53. The highest BCUT2D eigenvalue weighted by atomic mass is 28.3. The molecule has 2 aromatic rings. The van der Waals surface area contributed by atoms with E-state index in [9.17, 15) is 0 Å². The van der Waals surface area contributed by atoms with Crippen LogP contribution in [0.25, 0.3) is 5.57 Å². The van der Waals surface area contributed by atoms with Crippen molar-refractivity contribution in [2.45, 2.75) is 19.4 Å². The van der Waals surface area contributed by atoms with Gasteiger partial charge in [0, 0.05) is 39.0 Å². The molecule has 0 atom stereocenters. The smallest absolute Gasteiger partial charge is 0.117 e. The van der Waals surface area contributed by atoms with Crippen molar-refractivity contribution in [1.29, 1.82) is 0 Å². The summed E-state index contributed by atoms with van der Waals surface area (Å²) in [6, 6.07) is 20.8. The maximum atomic E-state index is 5.86. The van der Waals surface area contributed by atoms with Gasteiger partial charge in [-0.1, -0.05) is 72.4 Å². The minimum absolute atomic E-state index is 0.691. The number of nitrogens with zero attached hydrogens (tertiary/aromatic N) is 2. The lowest BCUT2D eigenvalue weighted by Crippen LogP contribution is -2.45. The summed E-state index contributed by atoms with van der Waals surface area (Å²) >= 11 is 0. The van der Waals surface area contributed by atoms with Crippen LogP contribution in [0.5, 0.6) is 0 Å². The van der Waals surface area contributed by atoms with E-state index in [1.807, 2.05) is 6.07 Å². The van der Waals surface area contributed by atoms with Crippen molar-refractivity contribution in [3.05, 3.63) is 72.3 Å². The summed E-state index contributed by atoms with van der Waals surface area (Å²) in [6.07, 6.45) is 2.17. The first kappa shape index (κ1) is 22.0. The zero-order valence-electron chi connectivity index (χ0n) is 18.1. The molecule has 1 aliphatic heterocycles. The van der Waals surface area contributed by atoms with E-state index in [1.165, 1.54) is 61.5 Å². The molecule has 155 valence electrons. The van der Waals surface area contributed by atoms with Crippen molar-refractivity contribution >= 4 is 19.6 Å². The molecular weight excluding hydrogens is 372 g/mol. The van der Waals surface area contributed by atoms with E-state index in [1.54, 1.807) is 0 Å². The second-order valence-electron chi connectivity index (χ2n) is 7.91. The standard InChI is InChI=1S/C25H35N2OSi/c1-4-28-21-29(20-8-15-27-18-16-26(3)17-19-27)25-13-11-24(12-14-25)22(2)23-9-6-5-7-10-23/h5-7,9-14H,2,4,8,15-21H2,1,3H3. The van der Waals surface area contributed by atoms with Gasteiger partial charge in [-0.2, -0.15) is 0 Å². The fourth-order valence-electron chi connectivity index (χ4n) is 3.83. The van der Waals surface area contributed by atoms with Gasteiger partial charge in [-0.3, -0.25) is 0 Å². The van der Waals surface area contributed by atoms with Gasteiger partial charge in [0.05, 0.1) is 0 Å². The second kappa shape index (κ2) is 11.5. The van der Waals surface area contributed by atoms with Gasteiger partial charge in [-0.25, -0.2) is 0 Å². The van der Waals surface area contributed by atoms with Crippen molar-refractivity contribution in [3.8, 4) is 0 Å². The molecule has 1 saturated heterocycles. The highest BCUT2D eigenvalue weighted by Gasteiger charge is 2.17. The van der Waals surface area contributed by atoms with Crippen molar-refractivity contribution in [2.75, 3.05) is 52.6 Å². The molecule has 4 heteroatoms. The molecule has 0 amide bonds. The molecule has 29 heavy (non-hydrogen) atoms. The average Bonchev–Trinajstić information content (AvgIpc) is 2.77. The van der Waals surface area contributed by atoms with Crippen molar-refractivity contribution in [2.24, 2.45) is 0 Å². The third-order valence-corrected chi connectivity index (χ3v) is 8.45. The summed E-state index contributed by atoms with van der Waals surface area (Å²) in [6.45, 7) is 13.2. The minimum Gasteiger partial charge on any atom is -0.385 e. The van der Waals surface area contributed by atoms with Crippen molar-refractivity contribution in [1.82, 2.24) is 9.80 Å². The molecule has 1 fully saturated rings. The van der Waals surface area contributed by atoms with Gasteiger partial charge in [-0.05, 0) is 43.6 Å². The Morgan fingerprint density at radius 3 is 2.28 bits per heavy atom. The zero-order chi connectivity index (χ0) is 20.5. The summed E-state index contributed by atoms with van der Waals surface area (Å²) in [5, 5.41) is 1.48. The molecule has 0 aliphatic carbocycles. The molecule has 0 saturated carbocycles. The summed E-state index contributed by atoms with van der Waals surface area (Å²) < 4.78 is 5.86. The fourth-order valence-corrected chi connectivity index (χ4v) is 6.10. The number of hydrogen-bond acceptors (Lipinski definition) is 3. The molecule has 0 spiro atoms. The lowest BCUT2D eigenvalue weighted by atomic mass is 10.00. The van der Waals surface area contributed by atoms with Gasteiger partial charge in [0.2, 0.25) is 0 Å². The number of rotatable bonds is 10. The Kier molecular flexibility index (Phi) is 8.68. The van der Waals surface area contributed by atoms with E-state index in [4.69, 9.17) is 4.74 Å². The Bertz CT molecular complexity index is 739. The minimum atomic E-state index is -0.691. The summed E-state index contributed by atoms with van der Waals surface area (Å²) in [4.78, 5) is 5.04. The van der Waals surface area contributed by atoms with Crippen LogP contribution >= 0.6 is 0 Å². The second-order valence-corrected chi connectivity index (χ2v) is 10.5. The normalized spacial score (nSPS) is 15.7. The van der Waals surface area contributed by atoms with Crippen LogP contribution in [-0.4, -0.2) is 71.2 Å². The van der Waals surface area contributed by atoms with E-state index >= 15 is 0 Å². The van der Waals surface area contributed by atoms with Crippen LogP contribution < -0.4 is 5.19 Å². The Balaban J connectivity index is 1.58. The third-order valence-electron chi connectivity index (χ3n) is 5.79. The van der Waals surface area contributed by atoms with Gasteiger partial charge in [-0.15, -0.1) is 0 Å². The van der Waals surface area contributed by atoms with E-state index in [0.29, 0.717) is 0 Å². The Labute approximate surface area is 178 Å². The SMILES string of the molecule is C=C(c1ccccc1)c1ccc([Si](CCCN2CCN(C)CC2)COCC)cc1. The molecule has 1 aliphatic rings. The number of hydrogen-bond donors (Lipinski definition) is 0. The van der Waals surface area contributed by atoms with E-state index in [-0.39, 0.29) is 0 Å². The first-order valence-corrected chi connectivity index (χ1v) is 12.8. The van der Waals surface area contributed by atoms with Gasteiger partial charge in [0.1, 0.15) is 8.80 Å². The number of likely N-dealkylation sites (N-methyl/N-ethyl adjacent to an activating group) is 1. The molecular formula is C25H35N2OSi. The van der Waals surface area contributed by atoms with Gasteiger partial charge in [0.15, 0.2) is 0 Å². The summed E-state index contributed by atoms with van der Waals surface area (Å²) in [5.41, 5.74) is 3.48. The maximum absolute atomic E-state index is 5.86. The Hall–Kier alpha value is -1.72. The highest BCUT2D eigenvalue weighted by Crippen LogP contribution is 2.20. The Morgan fingerprint density at radius 2 is 1.62 bits per heavy atom. The fraction of sp³-hybridized carbons (Fsp3) is 0.440. The first-order chi connectivity index (χ1) is 14.2. The molecule has 3 nitrogen and oxygen atoms in total. The van der Waals surface area contributed by atoms with Crippen LogP contribution in [0.4, 0.5) is 0 Å². The van der Waals surface area contributed by atoms with Crippen molar-refractivity contribution in [3.63, 3.8) is 0 Å². The molecule has 0 bridgehead atoms. The van der Waals surface area contributed by atoms with Gasteiger partial charge in [0.25, 0.3) is 0 Å². The van der Waals surface area contributed by atoms with Crippen LogP contribution in [0.1, 0.15) is 24.5 Å². The van der Waals surface area contributed by atoms with Gasteiger partial charge < -0.3 is 14.5 Å². The number of benzene rings is 2. The first-order valence-electron chi connectivity index (χ1n) is 10.9. The molecule has 1 heterocycles. The summed E-state index contributed by atoms with van der Waals surface area (Å²) in [5.74, 6) is 0. The van der Waals surface area contributed by atoms with Crippen LogP contribution in [0.3, 0.4) is 0 Å². The monoisotopic (exact) mass is 407 g/mol. The molecule has 1 radical (unpaired) electrons. The largest absolute Gasteiger partial charge is 0.385 e. The lowest BCUT2D eigenvalue weighted by Gasteiger charge is -2.32. The predicted molar refractivity (Wildman–Crippen MR) is 126 cm³/mol. The zero-order valence-corrected chi connectivity index (χ0v) is 19.1. The predicted octanol–water partition coefficient (Wildman–Crippen LogP) is 3.66. The molecule has 3 rings (SSSR count). The third kappa shape index (κ3) is 6.64. The van der Waals surface area contributed by atoms with Crippen LogP contribution in [0.2, 0.25) is 6.04 Å². The van der Waals surface area contributed by atoms with Crippen molar-refractivity contribution < 1.29 is 4.74 Å². The van der Waals surface area contributed by atoms with Crippen LogP contribution in [0, 0.1) is 0 Å². The van der Waals surface area contributed by atoms with Crippen LogP contribution in [-0.2, 0) is 4.74 Å². The number of ether oxygens (including phenoxy) is 1. The van der Waals surface area contributed by atoms with E-state index < -0.39 is 8.80 Å². The molecule has 0 N–H and O–H groups in total. The molecule has 2 aromatic carbocycles. The number of piperazine rings is 1. The van der Waals surface area contributed by atoms with E-state index in [2.05, 4.69) is 78.9 Å². The molecule has 0 unspecified atom stereocenters. The van der Waals surface area contributed by atoms with Crippen LogP contribution in [0.15, 0.2) is 61.2 Å². The molecule has 0 aromatic heterocycles. The lowest BCUT2D eigenvalue weighted by molar-refractivity contribution is 0.154. The van der Waals surface area contributed by atoms with Gasteiger partial charge >= 0.3 is 0 Å². The quantitative estimate of drug-likeness (QED) is 0.559. The highest BCUT2D eigenvalue weighted by molar-refractivity contribution is 6.73. The van der Waals surface area contributed by atoms with E-state index in [0.717, 1.165) is 18.4 Å². The topological polar surface area (TPSA) is 15.7 Å². The Morgan fingerprint density at radius 1 is 0.966 bits per heavy atom.